The third-order valence-electron chi connectivity index (χ3n) is 4.61. The van der Waals surface area contributed by atoms with Crippen molar-refractivity contribution >= 4 is 16.9 Å². The average Bonchev–Trinajstić information content (AvgIpc) is 2.75. The maximum atomic E-state index is 13.7. The molecule has 1 aromatic heterocycles. The van der Waals surface area contributed by atoms with Crippen LogP contribution in [0.4, 0.5) is 4.39 Å². The number of carbonyl (C=O) groups excluding carboxylic acids is 1. The van der Waals surface area contributed by atoms with Crippen LogP contribution in [0.1, 0.15) is 15.9 Å². The number of halogens is 1. The Morgan fingerprint density at radius 2 is 1.79 bits per heavy atom. The van der Waals surface area contributed by atoms with Crippen LogP contribution in [0.2, 0.25) is 0 Å². The van der Waals surface area contributed by atoms with Crippen LogP contribution in [0.5, 0.6) is 0 Å². The lowest BCUT2D eigenvalue weighted by Gasteiger charge is -2.13. The predicted octanol–water partition coefficient (Wildman–Crippen LogP) is 3.37. The first-order chi connectivity index (χ1) is 14.1. The SMILES string of the molecule is O=C(NO)c1ccc(Cn2c(=O)c(-c3cccc(F)c3)nc3ccccc32)cc1. The van der Waals surface area contributed by atoms with Crippen LogP contribution >= 0.6 is 0 Å². The molecule has 4 aromatic rings. The van der Waals surface area contributed by atoms with Crippen molar-refractivity contribution in [1.29, 1.82) is 0 Å². The lowest BCUT2D eigenvalue weighted by atomic mass is 10.1. The Morgan fingerprint density at radius 3 is 2.52 bits per heavy atom. The van der Waals surface area contributed by atoms with E-state index in [9.17, 15) is 14.0 Å². The van der Waals surface area contributed by atoms with Crippen LogP contribution in [0, 0.1) is 5.82 Å². The number of nitrogens with zero attached hydrogens (tertiary/aromatic N) is 2. The molecule has 0 aliphatic carbocycles. The van der Waals surface area contributed by atoms with Crippen molar-refractivity contribution in [3.05, 3.63) is 100 Å². The second kappa shape index (κ2) is 7.65. The molecule has 0 saturated carbocycles. The van der Waals surface area contributed by atoms with Crippen LogP contribution in [0.25, 0.3) is 22.3 Å². The molecule has 4 rings (SSSR count). The molecule has 3 aromatic carbocycles. The minimum atomic E-state index is -0.614. The molecule has 144 valence electrons. The fourth-order valence-electron chi connectivity index (χ4n) is 3.18. The summed E-state index contributed by atoms with van der Waals surface area (Å²) in [5, 5.41) is 8.73. The van der Waals surface area contributed by atoms with Gasteiger partial charge in [-0.2, -0.15) is 0 Å². The minimum Gasteiger partial charge on any atom is -0.300 e. The molecule has 1 heterocycles. The lowest BCUT2D eigenvalue weighted by molar-refractivity contribution is 0.0706. The van der Waals surface area contributed by atoms with E-state index in [1.165, 1.54) is 18.2 Å². The van der Waals surface area contributed by atoms with Crippen molar-refractivity contribution in [2.24, 2.45) is 0 Å². The number of amides is 1. The second-order valence-electron chi connectivity index (χ2n) is 6.49. The monoisotopic (exact) mass is 389 g/mol. The lowest BCUT2D eigenvalue weighted by Crippen LogP contribution is -2.24. The summed E-state index contributed by atoms with van der Waals surface area (Å²) in [7, 11) is 0. The summed E-state index contributed by atoms with van der Waals surface area (Å²) in [6.07, 6.45) is 0. The van der Waals surface area contributed by atoms with Gasteiger partial charge in [-0.1, -0.05) is 36.4 Å². The molecule has 0 radical (unpaired) electrons. The van der Waals surface area contributed by atoms with Crippen molar-refractivity contribution in [1.82, 2.24) is 15.0 Å². The van der Waals surface area contributed by atoms with E-state index >= 15 is 0 Å². The Hall–Kier alpha value is -3.84. The largest absolute Gasteiger partial charge is 0.300 e. The smallest absolute Gasteiger partial charge is 0.277 e. The zero-order valence-corrected chi connectivity index (χ0v) is 15.2. The first-order valence-electron chi connectivity index (χ1n) is 8.86. The van der Waals surface area contributed by atoms with E-state index in [4.69, 9.17) is 5.21 Å². The highest BCUT2D eigenvalue weighted by molar-refractivity contribution is 5.93. The van der Waals surface area contributed by atoms with Gasteiger partial charge in [0.1, 0.15) is 11.5 Å². The molecule has 6 nitrogen and oxygen atoms in total. The fourth-order valence-corrected chi connectivity index (χ4v) is 3.18. The van der Waals surface area contributed by atoms with Gasteiger partial charge in [0.05, 0.1) is 17.6 Å². The summed E-state index contributed by atoms with van der Waals surface area (Å²) in [5.41, 5.74) is 4.15. The first kappa shape index (κ1) is 18.5. The van der Waals surface area contributed by atoms with Crippen molar-refractivity contribution < 1.29 is 14.4 Å². The molecule has 0 fully saturated rings. The molecular weight excluding hydrogens is 373 g/mol. The van der Waals surface area contributed by atoms with Gasteiger partial charge in [-0.3, -0.25) is 14.8 Å². The number of hydrogen-bond donors (Lipinski definition) is 2. The van der Waals surface area contributed by atoms with Gasteiger partial charge in [0.25, 0.3) is 11.5 Å². The highest BCUT2D eigenvalue weighted by Gasteiger charge is 2.14. The van der Waals surface area contributed by atoms with Gasteiger partial charge >= 0.3 is 0 Å². The van der Waals surface area contributed by atoms with Crippen molar-refractivity contribution in [2.45, 2.75) is 6.54 Å². The standard InChI is InChI=1S/C22H16FN3O3/c23-17-5-3-4-16(12-17)20-22(28)26(19-7-2-1-6-18(19)24-20)13-14-8-10-15(11-9-14)21(27)25-29/h1-12,29H,13H2,(H,25,27). The topological polar surface area (TPSA) is 84.2 Å². The van der Waals surface area contributed by atoms with E-state index in [0.717, 1.165) is 5.56 Å². The van der Waals surface area contributed by atoms with E-state index in [0.29, 0.717) is 22.2 Å². The molecule has 0 bridgehead atoms. The molecule has 0 aliphatic rings. The third kappa shape index (κ3) is 3.63. The zero-order valence-electron chi connectivity index (χ0n) is 15.2. The number of aromatic nitrogens is 2. The fraction of sp³-hybridized carbons (Fsp3) is 0.0455. The summed E-state index contributed by atoms with van der Waals surface area (Å²) in [6, 6.07) is 19.5. The van der Waals surface area contributed by atoms with E-state index in [-0.39, 0.29) is 17.8 Å². The van der Waals surface area contributed by atoms with Crippen molar-refractivity contribution in [3.63, 3.8) is 0 Å². The minimum absolute atomic E-state index is 0.166. The van der Waals surface area contributed by atoms with Crippen LogP contribution in [0.15, 0.2) is 77.6 Å². The zero-order chi connectivity index (χ0) is 20.4. The molecule has 1 amide bonds. The third-order valence-corrected chi connectivity index (χ3v) is 4.61. The second-order valence-corrected chi connectivity index (χ2v) is 6.49. The van der Waals surface area contributed by atoms with E-state index in [1.54, 1.807) is 52.5 Å². The summed E-state index contributed by atoms with van der Waals surface area (Å²) in [5.74, 6) is -1.06. The number of rotatable bonds is 4. The quantitative estimate of drug-likeness (QED) is 0.414. The van der Waals surface area contributed by atoms with E-state index in [1.807, 2.05) is 12.1 Å². The Balaban J connectivity index is 1.84. The number of fused-ring (bicyclic) bond motifs is 1. The number of hydrogen-bond acceptors (Lipinski definition) is 4. The van der Waals surface area contributed by atoms with Crippen LogP contribution in [-0.4, -0.2) is 20.7 Å². The Labute approximate surface area is 164 Å². The van der Waals surface area contributed by atoms with Crippen molar-refractivity contribution in [3.8, 4) is 11.3 Å². The maximum Gasteiger partial charge on any atom is 0.277 e. The summed E-state index contributed by atoms with van der Waals surface area (Å²) in [4.78, 5) is 29.1. The molecule has 0 atom stereocenters. The number of hydroxylamine groups is 1. The number of nitrogens with one attached hydrogen (secondary N) is 1. The Kier molecular flexibility index (Phi) is 4.88. The van der Waals surface area contributed by atoms with E-state index in [2.05, 4.69) is 4.98 Å². The van der Waals surface area contributed by atoms with Crippen molar-refractivity contribution in [2.75, 3.05) is 0 Å². The van der Waals surface area contributed by atoms with Crippen LogP contribution in [-0.2, 0) is 6.54 Å². The molecule has 7 heteroatoms. The molecule has 0 spiro atoms. The van der Waals surface area contributed by atoms with Gasteiger partial charge < -0.3 is 4.57 Å². The highest BCUT2D eigenvalue weighted by atomic mass is 19.1. The van der Waals surface area contributed by atoms with Crippen LogP contribution < -0.4 is 11.0 Å². The number of para-hydroxylation sites is 2. The molecule has 0 unspecified atom stereocenters. The van der Waals surface area contributed by atoms with Crippen LogP contribution in [0.3, 0.4) is 0 Å². The number of carbonyl (C=O) groups is 1. The maximum absolute atomic E-state index is 13.7. The molecule has 0 saturated heterocycles. The van der Waals surface area contributed by atoms with Gasteiger partial charge in [0.15, 0.2) is 0 Å². The van der Waals surface area contributed by atoms with Gasteiger partial charge in [0, 0.05) is 11.1 Å². The average molecular weight is 389 g/mol. The van der Waals surface area contributed by atoms with Gasteiger partial charge in [-0.05, 0) is 42.0 Å². The Morgan fingerprint density at radius 1 is 1.03 bits per heavy atom. The highest BCUT2D eigenvalue weighted by Crippen LogP contribution is 2.19. The van der Waals surface area contributed by atoms with E-state index < -0.39 is 11.7 Å². The summed E-state index contributed by atoms with van der Waals surface area (Å²) >= 11 is 0. The Bertz CT molecular complexity index is 1270. The normalized spacial score (nSPS) is 10.8. The summed E-state index contributed by atoms with van der Waals surface area (Å²) in [6.45, 7) is 0.241. The van der Waals surface area contributed by atoms with Gasteiger partial charge in [-0.15, -0.1) is 0 Å². The van der Waals surface area contributed by atoms with Gasteiger partial charge in [-0.25, -0.2) is 14.9 Å². The van der Waals surface area contributed by atoms with Gasteiger partial charge in [0.2, 0.25) is 0 Å². The molecule has 29 heavy (non-hydrogen) atoms. The molecule has 0 aliphatic heterocycles. The summed E-state index contributed by atoms with van der Waals surface area (Å²) < 4.78 is 15.3. The predicted molar refractivity (Wildman–Crippen MR) is 106 cm³/mol. The number of benzene rings is 3. The molecular formula is C22H16FN3O3. The molecule has 2 N–H and O–H groups in total. The first-order valence-corrected chi connectivity index (χ1v) is 8.86.